The summed E-state index contributed by atoms with van der Waals surface area (Å²) < 4.78 is 29.2. The lowest BCUT2D eigenvalue weighted by atomic mass is 9.85. The second-order valence-corrected chi connectivity index (χ2v) is 6.68. The zero-order chi connectivity index (χ0) is 19.3. The fraction of sp³-hybridized carbons (Fsp3) is 0.263. The highest BCUT2D eigenvalue weighted by molar-refractivity contribution is 5.95. The van der Waals surface area contributed by atoms with Gasteiger partial charge in [-0.25, -0.2) is 18.7 Å². The molecule has 2 aromatic heterocycles. The van der Waals surface area contributed by atoms with E-state index < -0.39 is 17.6 Å². The monoisotopic (exact) mass is 369 g/mol. The zero-order valence-corrected chi connectivity index (χ0v) is 15.0. The number of aryl methyl sites for hydroxylation is 3. The molecule has 3 heterocycles. The summed E-state index contributed by atoms with van der Waals surface area (Å²) in [5.74, 6) is -1.43. The topological polar surface area (TPSA) is 72.7 Å². The molecule has 0 bridgehead atoms. The third-order valence-electron chi connectivity index (χ3n) is 4.60. The fourth-order valence-electron chi connectivity index (χ4n) is 3.54. The molecule has 3 aromatic rings. The first kappa shape index (κ1) is 17.3. The van der Waals surface area contributed by atoms with Crippen LogP contribution < -0.4 is 5.32 Å². The van der Waals surface area contributed by atoms with Gasteiger partial charge in [-0.3, -0.25) is 4.79 Å². The van der Waals surface area contributed by atoms with E-state index in [2.05, 4.69) is 20.4 Å². The molecule has 138 valence electrons. The number of rotatable bonds is 2. The predicted molar refractivity (Wildman–Crippen MR) is 94.8 cm³/mol. The molecule has 1 aliphatic heterocycles. The van der Waals surface area contributed by atoms with Gasteiger partial charge in [0.15, 0.2) is 0 Å². The maximum atomic E-state index is 14.4. The second kappa shape index (κ2) is 6.22. The van der Waals surface area contributed by atoms with Gasteiger partial charge >= 0.3 is 0 Å². The Labute approximate surface area is 154 Å². The maximum Gasteiger partial charge on any atom is 0.252 e. The minimum Gasteiger partial charge on any atom is -0.310 e. The Balaban J connectivity index is 1.91. The summed E-state index contributed by atoms with van der Waals surface area (Å²) >= 11 is 0. The van der Waals surface area contributed by atoms with Gasteiger partial charge in [-0.1, -0.05) is 6.07 Å². The van der Waals surface area contributed by atoms with Crippen molar-refractivity contribution < 1.29 is 13.6 Å². The lowest BCUT2D eigenvalue weighted by Crippen LogP contribution is -2.25. The minimum absolute atomic E-state index is 0.0514. The van der Waals surface area contributed by atoms with E-state index in [1.807, 2.05) is 19.9 Å². The molecule has 1 N–H and O–H groups in total. The molecule has 0 unspecified atom stereocenters. The van der Waals surface area contributed by atoms with Crippen molar-refractivity contribution in [3.05, 3.63) is 64.1 Å². The number of nitrogens with one attached hydrogen (secondary N) is 1. The summed E-state index contributed by atoms with van der Waals surface area (Å²) in [4.78, 5) is 21.1. The Kier molecular flexibility index (Phi) is 3.98. The predicted octanol–water partition coefficient (Wildman–Crippen LogP) is 3.34. The number of aromatic nitrogens is 4. The smallest absolute Gasteiger partial charge is 0.252 e. The number of nitrogens with zero attached hydrogens (tertiary/aromatic N) is 4. The quantitative estimate of drug-likeness (QED) is 0.752. The van der Waals surface area contributed by atoms with E-state index in [0.29, 0.717) is 23.0 Å². The number of carbonyl (C=O) groups excluding carboxylic acids is 1. The van der Waals surface area contributed by atoms with Gasteiger partial charge in [-0.15, -0.1) is 0 Å². The van der Waals surface area contributed by atoms with Crippen LogP contribution in [0.3, 0.4) is 0 Å². The van der Waals surface area contributed by atoms with Gasteiger partial charge in [0.1, 0.15) is 17.5 Å². The summed E-state index contributed by atoms with van der Waals surface area (Å²) in [6, 6.07) is 5.23. The van der Waals surface area contributed by atoms with E-state index in [4.69, 9.17) is 0 Å². The van der Waals surface area contributed by atoms with Gasteiger partial charge in [-0.2, -0.15) is 9.78 Å². The lowest BCUT2D eigenvalue weighted by Gasteiger charge is -2.24. The summed E-state index contributed by atoms with van der Waals surface area (Å²) in [5.41, 5.74) is 3.10. The number of hydrogen-bond donors (Lipinski definition) is 1. The molecule has 0 fully saturated rings. The van der Waals surface area contributed by atoms with E-state index in [1.165, 1.54) is 16.8 Å². The maximum absolute atomic E-state index is 14.4. The normalized spacial score (nSPS) is 16.2. The SMILES string of the molecule is Cc1cc(C)nc(-n2nc(C)c3c2NC(=O)C[C@@H]3c2ccc(F)cc2F)n1. The third-order valence-corrected chi connectivity index (χ3v) is 4.60. The summed E-state index contributed by atoms with van der Waals surface area (Å²) in [5, 5.41) is 7.28. The molecule has 0 saturated carbocycles. The van der Waals surface area contributed by atoms with Crippen molar-refractivity contribution in [2.45, 2.75) is 33.1 Å². The van der Waals surface area contributed by atoms with Crippen LogP contribution in [0, 0.1) is 32.4 Å². The fourth-order valence-corrected chi connectivity index (χ4v) is 3.54. The van der Waals surface area contributed by atoms with Crippen molar-refractivity contribution in [1.82, 2.24) is 19.7 Å². The lowest BCUT2D eigenvalue weighted by molar-refractivity contribution is -0.116. The molecular weight excluding hydrogens is 352 g/mol. The Bertz CT molecular complexity index is 1060. The van der Waals surface area contributed by atoms with Crippen molar-refractivity contribution in [3.8, 4) is 5.95 Å². The Hall–Kier alpha value is -3.16. The molecule has 6 nitrogen and oxygen atoms in total. The largest absolute Gasteiger partial charge is 0.310 e. The molecule has 0 saturated heterocycles. The van der Waals surface area contributed by atoms with Crippen LogP contribution >= 0.6 is 0 Å². The highest BCUT2D eigenvalue weighted by atomic mass is 19.1. The Morgan fingerprint density at radius 2 is 1.81 bits per heavy atom. The number of anilines is 1. The van der Waals surface area contributed by atoms with Crippen LogP contribution in [0.25, 0.3) is 5.95 Å². The van der Waals surface area contributed by atoms with Gasteiger partial charge in [0.2, 0.25) is 5.91 Å². The molecule has 0 spiro atoms. The molecule has 27 heavy (non-hydrogen) atoms. The van der Waals surface area contributed by atoms with Crippen molar-refractivity contribution >= 4 is 11.7 Å². The van der Waals surface area contributed by atoms with E-state index in [-0.39, 0.29) is 17.9 Å². The van der Waals surface area contributed by atoms with Crippen molar-refractivity contribution in [1.29, 1.82) is 0 Å². The Morgan fingerprint density at radius 1 is 1.11 bits per heavy atom. The third kappa shape index (κ3) is 2.97. The van der Waals surface area contributed by atoms with Gasteiger partial charge in [-0.05, 0) is 38.5 Å². The average molecular weight is 369 g/mol. The molecule has 4 rings (SSSR count). The number of carbonyl (C=O) groups is 1. The highest BCUT2D eigenvalue weighted by Gasteiger charge is 2.34. The Morgan fingerprint density at radius 3 is 2.48 bits per heavy atom. The van der Waals surface area contributed by atoms with E-state index in [0.717, 1.165) is 17.5 Å². The number of hydrogen-bond acceptors (Lipinski definition) is 4. The molecule has 1 aromatic carbocycles. The van der Waals surface area contributed by atoms with E-state index in [9.17, 15) is 13.6 Å². The number of fused-ring (bicyclic) bond motifs is 1. The molecule has 8 heteroatoms. The molecule has 1 amide bonds. The summed E-state index contributed by atoms with van der Waals surface area (Å²) in [6.45, 7) is 5.47. The molecule has 0 radical (unpaired) electrons. The first-order chi connectivity index (χ1) is 12.8. The van der Waals surface area contributed by atoms with Gasteiger partial charge in [0.25, 0.3) is 5.95 Å². The van der Waals surface area contributed by atoms with Crippen molar-refractivity contribution in [3.63, 3.8) is 0 Å². The zero-order valence-electron chi connectivity index (χ0n) is 15.0. The van der Waals surface area contributed by atoms with Crippen LogP contribution in [0.2, 0.25) is 0 Å². The van der Waals surface area contributed by atoms with Crippen molar-refractivity contribution in [2.75, 3.05) is 5.32 Å². The van der Waals surface area contributed by atoms with Crippen LogP contribution in [0.5, 0.6) is 0 Å². The highest BCUT2D eigenvalue weighted by Crippen LogP contribution is 2.40. The number of amides is 1. The standard InChI is InChI=1S/C19H17F2N5O/c1-9-6-10(2)23-19(22-9)26-18-17(11(3)25-26)14(8-16(27)24-18)13-5-4-12(20)7-15(13)21/h4-7,14H,8H2,1-3H3,(H,24,27)/t14-/m1/s1. The van der Waals surface area contributed by atoms with E-state index in [1.54, 1.807) is 6.92 Å². The van der Waals surface area contributed by atoms with Crippen LogP contribution in [-0.4, -0.2) is 25.7 Å². The van der Waals surface area contributed by atoms with Crippen LogP contribution in [0.15, 0.2) is 24.3 Å². The summed E-state index contributed by atoms with van der Waals surface area (Å²) in [6.07, 6.45) is 0.0514. The average Bonchev–Trinajstić information content (AvgIpc) is 2.90. The van der Waals surface area contributed by atoms with Gasteiger partial charge < -0.3 is 5.32 Å². The van der Waals surface area contributed by atoms with Gasteiger partial charge in [0, 0.05) is 35.4 Å². The van der Waals surface area contributed by atoms with Crippen LogP contribution in [0.1, 0.15) is 40.5 Å². The molecule has 1 aliphatic rings. The summed E-state index contributed by atoms with van der Waals surface area (Å²) in [7, 11) is 0. The second-order valence-electron chi connectivity index (χ2n) is 6.68. The van der Waals surface area contributed by atoms with Gasteiger partial charge in [0.05, 0.1) is 5.69 Å². The first-order valence-corrected chi connectivity index (χ1v) is 8.50. The molecule has 1 atom stereocenters. The molecular formula is C19H17F2N5O. The number of benzene rings is 1. The minimum atomic E-state index is -0.685. The first-order valence-electron chi connectivity index (χ1n) is 8.50. The van der Waals surface area contributed by atoms with Crippen molar-refractivity contribution in [2.24, 2.45) is 0 Å². The van der Waals surface area contributed by atoms with Crippen LogP contribution in [0.4, 0.5) is 14.6 Å². The molecule has 0 aliphatic carbocycles. The van der Waals surface area contributed by atoms with E-state index >= 15 is 0 Å². The van der Waals surface area contributed by atoms with Crippen LogP contribution in [-0.2, 0) is 4.79 Å². The number of halogens is 2.